The maximum atomic E-state index is 13.4. The van der Waals surface area contributed by atoms with Crippen LogP contribution in [0.2, 0.25) is 0 Å². The van der Waals surface area contributed by atoms with Crippen molar-refractivity contribution in [1.82, 2.24) is 10.6 Å². The number of carbonyl (C=O) groups is 3. The molecular formula is C43H48N2O6. The Morgan fingerprint density at radius 1 is 0.706 bits per heavy atom. The highest BCUT2D eigenvalue weighted by atomic mass is 16.5. The Balaban J connectivity index is 1.32. The van der Waals surface area contributed by atoms with Crippen LogP contribution in [0.4, 0.5) is 0 Å². The molecule has 0 aliphatic rings. The van der Waals surface area contributed by atoms with Gasteiger partial charge < -0.3 is 25.2 Å². The van der Waals surface area contributed by atoms with Gasteiger partial charge in [-0.25, -0.2) is 0 Å². The molecule has 0 spiro atoms. The maximum Gasteiger partial charge on any atom is 0.310 e. The molecule has 4 aromatic carbocycles. The van der Waals surface area contributed by atoms with Crippen LogP contribution in [0.15, 0.2) is 141 Å². The molecular weight excluding hydrogens is 640 g/mol. The summed E-state index contributed by atoms with van der Waals surface area (Å²) in [7, 11) is 0. The fraction of sp³-hybridized carbons (Fsp3) is 0.279. The summed E-state index contributed by atoms with van der Waals surface area (Å²) in [6, 6.07) is 35.9. The van der Waals surface area contributed by atoms with E-state index in [4.69, 9.17) is 9.47 Å². The number of carbonyl (C=O) groups excluding carboxylic acids is 3. The van der Waals surface area contributed by atoms with Crippen molar-refractivity contribution in [3.8, 4) is 5.75 Å². The zero-order valence-electron chi connectivity index (χ0n) is 29.0. The van der Waals surface area contributed by atoms with Crippen molar-refractivity contribution in [2.24, 2.45) is 11.8 Å². The molecule has 0 aromatic heterocycles. The van der Waals surface area contributed by atoms with Crippen molar-refractivity contribution in [1.29, 1.82) is 0 Å². The van der Waals surface area contributed by atoms with Crippen LogP contribution in [0.3, 0.4) is 0 Å². The maximum absolute atomic E-state index is 13.4. The molecule has 4 atom stereocenters. The summed E-state index contributed by atoms with van der Waals surface area (Å²) in [4.78, 5) is 40.0. The van der Waals surface area contributed by atoms with Gasteiger partial charge in [-0.2, -0.15) is 0 Å². The van der Waals surface area contributed by atoms with Crippen molar-refractivity contribution < 1.29 is 29.0 Å². The topological polar surface area (TPSA) is 114 Å². The Morgan fingerprint density at radius 2 is 1.27 bits per heavy atom. The third-order valence-corrected chi connectivity index (χ3v) is 8.49. The number of allylic oxidation sites excluding steroid dienone is 2. The first kappa shape index (κ1) is 38.3. The van der Waals surface area contributed by atoms with E-state index in [-0.39, 0.29) is 43.8 Å². The molecule has 0 unspecified atom stereocenters. The Kier molecular flexibility index (Phi) is 15.7. The fourth-order valence-electron chi connectivity index (χ4n) is 5.74. The van der Waals surface area contributed by atoms with Crippen molar-refractivity contribution in [2.75, 3.05) is 13.2 Å². The van der Waals surface area contributed by atoms with Crippen LogP contribution < -0.4 is 15.4 Å². The molecule has 0 bridgehead atoms. The average Bonchev–Trinajstić information content (AvgIpc) is 3.16. The van der Waals surface area contributed by atoms with Gasteiger partial charge >= 0.3 is 5.97 Å². The van der Waals surface area contributed by atoms with E-state index < -0.39 is 24.0 Å². The number of hydrogen-bond acceptors (Lipinski definition) is 6. The Morgan fingerprint density at radius 3 is 1.88 bits per heavy atom. The number of amides is 2. The zero-order valence-corrected chi connectivity index (χ0v) is 29.0. The minimum atomic E-state index is -0.738. The summed E-state index contributed by atoms with van der Waals surface area (Å²) in [5.41, 5.74) is 3.74. The van der Waals surface area contributed by atoms with Crippen LogP contribution >= 0.6 is 0 Å². The molecule has 0 saturated heterocycles. The van der Waals surface area contributed by atoms with Crippen LogP contribution in [0.25, 0.3) is 0 Å². The summed E-state index contributed by atoms with van der Waals surface area (Å²) in [6.45, 7) is 7.81. The Bertz CT molecular complexity index is 1660. The lowest BCUT2D eigenvalue weighted by molar-refractivity contribution is -0.154. The average molecular weight is 689 g/mol. The number of aliphatic hydroxyl groups is 1. The Labute approximate surface area is 301 Å². The lowest BCUT2D eigenvalue weighted by Gasteiger charge is -2.24. The molecule has 4 rings (SSSR count). The molecule has 0 aliphatic heterocycles. The minimum absolute atomic E-state index is 0.0281. The predicted octanol–water partition coefficient (Wildman–Crippen LogP) is 6.70. The van der Waals surface area contributed by atoms with Crippen LogP contribution in [-0.2, 0) is 38.6 Å². The second kappa shape index (κ2) is 20.9. The normalized spacial score (nSPS) is 13.1. The van der Waals surface area contributed by atoms with Gasteiger partial charge in [0.2, 0.25) is 11.8 Å². The number of nitrogens with one attached hydrogen (secondary N) is 2. The summed E-state index contributed by atoms with van der Waals surface area (Å²) >= 11 is 0. The first-order valence-corrected chi connectivity index (χ1v) is 17.3. The quantitative estimate of drug-likeness (QED) is 0.0663. The molecule has 0 fully saturated rings. The van der Waals surface area contributed by atoms with Crippen molar-refractivity contribution in [3.05, 3.63) is 163 Å². The van der Waals surface area contributed by atoms with Crippen LogP contribution in [0.1, 0.15) is 47.6 Å². The van der Waals surface area contributed by atoms with Gasteiger partial charge in [-0.1, -0.05) is 115 Å². The molecule has 0 heterocycles. The number of benzene rings is 4. The number of ether oxygens (including phenoxy) is 2. The molecule has 8 heteroatoms. The summed E-state index contributed by atoms with van der Waals surface area (Å²) in [6.07, 6.45) is 4.08. The molecule has 0 aliphatic carbocycles. The zero-order chi connectivity index (χ0) is 36.3. The number of rotatable bonds is 21. The summed E-state index contributed by atoms with van der Waals surface area (Å²) in [5.74, 6) is -1.53. The molecule has 51 heavy (non-hydrogen) atoms. The predicted molar refractivity (Wildman–Crippen MR) is 200 cm³/mol. The van der Waals surface area contributed by atoms with Gasteiger partial charge in [-0.3, -0.25) is 14.4 Å². The second-order valence-corrected chi connectivity index (χ2v) is 12.5. The van der Waals surface area contributed by atoms with Gasteiger partial charge in [0.15, 0.2) is 0 Å². The summed E-state index contributed by atoms with van der Waals surface area (Å²) in [5, 5.41) is 15.8. The van der Waals surface area contributed by atoms with Crippen LogP contribution in [0.5, 0.6) is 5.75 Å². The van der Waals surface area contributed by atoms with E-state index in [0.29, 0.717) is 25.9 Å². The van der Waals surface area contributed by atoms with Gasteiger partial charge in [-0.15, -0.1) is 13.2 Å². The van der Waals surface area contributed by atoms with Crippen molar-refractivity contribution in [2.45, 2.75) is 50.9 Å². The highest BCUT2D eigenvalue weighted by Gasteiger charge is 2.27. The number of aliphatic hydroxyl groups excluding tert-OH is 1. The lowest BCUT2D eigenvalue weighted by Crippen LogP contribution is -2.42. The molecule has 0 saturated carbocycles. The third kappa shape index (κ3) is 13.1. The number of hydrogen-bond donors (Lipinski definition) is 3. The molecule has 0 radical (unpaired) electrons. The highest BCUT2D eigenvalue weighted by Crippen LogP contribution is 2.23. The Hall–Kier alpha value is -5.47. The minimum Gasteiger partial charge on any atom is -0.489 e. The van der Waals surface area contributed by atoms with Gasteiger partial charge in [0.05, 0.1) is 31.0 Å². The van der Waals surface area contributed by atoms with Gasteiger partial charge in [0, 0.05) is 6.42 Å². The molecule has 2 amide bonds. The summed E-state index contributed by atoms with van der Waals surface area (Å²) < 4.78 is 11.9. The third-order valence-electron chi connectivity index (χ3n) is 8.49. The van der Waals surface area contributed by atoms with E-state index >= 15 is 0 Å². The van der Waals surface area contributed by atoms with Crippen LogP contribution in [0, 0.1) is 11.8 Å². The van der Waals surface area contributed by atoms with Crippen LogP contribution in [-0.4, -0.2) is 42.1 Å². The molecule has 8 nitrogen and oxygen atoms in total. The standard InChI is InChI=1S/C43H48N2O6/c1-3-14-36(28-41(47)45-38(30-46)27-33-22-24-39(25-23-33)50-31-34-18-10-6-11-19-34)42(48)44-29-40(35-20-12-7-13-21-35)51-43(49)37(15-4-2)26-32-16-8-5-9-17-32/h3-13,16-25,36-38,40,46H,1-2,14-15,26-31H2,(H,44,48)(H,45,47)/t36-,37-,38-,40-/m0/s1. The van der Waals surface area contributed by atoms with Gasteiger partial charge in [0.25, 0.3) is 0 Å². The van der Waals surface area contributed by atoms with E-state index in [0.717, 1.165) is 28.0 Å². The molecule has 3 N–H and O–H groups in total. The first-order valence-electron chi connectivity index (χ1n) is 17.3. The van der Waals surface area contributed by atoms with Gasteiger partial charge in [-0.05, 0) is 60.1 Å². The van der Waals surface area contributed by atoms with Gasteiger partial charge in [0.1, 0.15) is 18.5 Å². The highest BCUT2D eigenvalue weighted by molar-refractivity contribution is 5.86. The smallest absolute Gasteiger partial charge is 0.310 e. The second-order valence-electron chi connectivity index (χ2n) is 12.5. The largest absolute Gasteiger partial charge is 0.489 e. The van der Waals surface area contributed by atoms with Crippen molar-refractivity contribution in [3.63, 3.8) is 0 Å². The molecule has 4 aromatic rings. The van der Waals surface area contributed by atoms with E-state index in [2.05, 4.69) is 23.8 Å². The van der Waals surface area contributed by atoms with E-state index in [1.807, 2.05) is 115 Å². The van der Waals surface area contributed by atoms with E-state index in [1.165, 1.54) is 0 Å². The lowest BCUT2D eigenvalue weighted by atomic mass is 9.96. The van der Waals surface area contributed by atoms with E-state index in [1.54, 1.807) is 12.2 Å². The number of esters is 1. The fourth-order valence-corrected chi connectivity index (χ4v) is 5.74. The molecule has 266 valence electrons. The monoisotopic (exact) mass is 688 g/mol. The van der Waals surface area contributed by atoms with E-state index in [9.17, 15) is 19.5 Å². The SMILES string of the molecule is C=CC[C@@H](CC(=O)N[C@H](CO)Cc1ccc(OCc2ccccc2)cc1)C(=O)NC[C@H](OC(=O)[C@@H](CC=C)Cc1ccccc1)c1ccccc1. The van der Waals surface area contributed by atoms with Crippen molar-refractivity contribution >= 4 is 17.8 Å². The first-order chi connectivity index (χ1) is 24.9.